The van der Waals surface area contributed by atoms with E-state index >= 15 is 0 Å². The minimum Gasteiger partial charge on any atom is -0.353 e. The number of hydrogen-bond acceptors (Lipinski definition) is 2. The molecular weight excluding hydrogens is 260 g/mol. The van der Waals surface area contributed by atoms with Gasteiger partial charge >= 0.3 is 0 Å². The van der Waals surface area contributed by atoms with Crippen molar-refractivity contribution in [2.24, 2.45) is 5.92 Å². The second kappa shape index (κ2) is 7.13. The number of nitrogens with one attached hydrogen (secondary N) is 2. The predicted octanol–water partition coefficient (Wildman–Crippen LogP) is 3.53. The summed E-state index contributed by atoms with van der Waals surface area (Å²) < 4.78 is 0. The van der Waals surface area contributed by atoms with Gasteiger partial charge in [-0.15, -0.1) is 0 Å². The van der Waals surface area contributed by atoms with Gasteiger partial charge in [0, 0.05) is 18.0 Å². The Bertz CT molecular complexity index is 338. The Kier molecular flexibility index (Phi) is 5.20. The highest BCUT2D eigenvalue weighted by molar-refractivity contribution is 5.76. The lowest BCUT2D eigenvalue weighted by Crippen LogP contribution is -2.57. The van der Waals surface area contributed by atoms with Crippen molar-refractivity contribution in [3.05, 3.63) is 0 Å². The van der Waals surface area contributed by atoms with Crippen molar-refractivity contribution in [3.8, 4) is 0 Å². The van der Waals surface area contributed by atoms with E-state index in [4.69, 9.17) is 0 Å². The molecule has 0 aromatic heterocycles. The van der Waals surface area contributed by atoms with Gasteiger partial charge in [-0.2, -0.15) is 0 Å². The van der Waals surface area contributed by atoms with Crippen LogP contribution in [0.5, 0.6) is 0 Å². The van der Waals surface area contributed by atoms with E-state index in [9.17, 15) is 4.79 Å². The highest BCUT2D eigenvalue weighted by Crippen LogP contribution is 2.34. The minimum atomic E-state index is 0.319. The van der Waals surface area contributed by atoms with Crippen LogP contribution in [0.1, 0.15) is 83.5 Å². The maximum atomic E-state index is 12.3. The third-order valence-corrected chi connectivity index (χ3v) is 6.00. The van der Waals surface area contributed by atoms with Crippen LogP contribution in [0.2, 0.25) is 0 Å². The first-order chi connectivity index (χ1) is 10.3. The second-order valence-corrected chi connectivity index (χ2v) is 7.73. The van der Waals surface area contributed by atoms with Crippen LogP contribution in [0.4, 0.5) is 0 Å². The van der Waals surface area contributed by atoms with E-state index in [2.05, 4.69) is 10.6 Å². The van der Waals surface area contributed by atoms with Crippen LogP contribution in [-0.2, 0) is 4.79 Å². The van der Waals surface area contributed by atoms with Gasteiger partial charge in [0.15, 0.2) is 0 Å². The molecule has 3 rings (SSSR count). The van der Waals surface area contributed by atoms with Gasteiger partial charge in [-0.25, -0.2) is 0 Å². The van der Waals surface area contributed by atoms with Crippen molar-refractivity contribution in [3.63, 3.8) is 0 Å². The molecule has 0 aromatic rings. The van der Waals surface area contributed by atoms with Gasteiger partial charge in [-0.3, -0.25) is 4.79 Å². The first kappa shape index (κ1) is 15.3. The summed E-state index contributed by atoms with van der Waals surface area (Å²) in [6.45, 7) is 1.08. The molecule has 1 saturated heterocycles. The zero-order chi connectivity index (χ0) is 14.5. The topological polar surface area (TPSA) is 41.1 Å². The Labute approximate surface area is 129 Å². The molecule has 1 atom stereocenters. The third-order valence-electron chi connectivity index (χ3n) is 6.00. The summed E-state index contributed by atoms with van der Waals surface area (Å²) in [5.74, 6) is 0.976. The lowest BCUT2D eigenvalue weighted by atomic mass is 9.75. The Balaban J connectivity index is 1.46. The number of amides is 1. The molecule has 1 spiro atoms. The average molecular weight is 292 g/mol. The fraction of sp³-hybridized carbons (Fsp3) is 0.944. The first-order valence-electron chi connectivity index (χ1n) is 9.30. The summed E-state index contributed by atoms with van der Waals surface area (Å²) in [7, 11) is 0. The highest BCUT2D eigenvalue weighted by Gasteiger charge is 2.37. The van der Waals surface area contributed by atoms with E-state index < -0.39 is 0 Å². The molecule has 0 aromatic carbocycles. The largest absolute Gasteiger partial charge is 0.353 e. The highest BCUT2D eigenvalue weighted by atomic mass is 16.1. The van der Waals surface area contributed by atoms with E-state index in [1.807, 2.05) is 0 Å². The molecule has 1 heterocycles. The lowest BCUT2D eigenvalue weighted by molar-refractivity contribution is -0.123. The van der Waals surface area contributed by atoms with Crippen molar-refractivity contribution in [2.75, 3.05) is 6.54 Å². The lowest BCUT2D eigenvalue weighted by Gasteiger charge is -2.44. The van der Waals surface area contributed by atoms with Gasteiger partial charge in [0.2, 0.25) is 5.91 Å². The molecule has 3 heteroatoms. The Hall–Kier alpha value is -0.570. The van der Waals surface area contributed by atoms with E-state index in [1.54, 1.807) is 0 Å². The van der Waals surface area contributed by atoms with E-state index in [-0.39, 0.29) is 0 Å². The molecule has 2 N–H and O–H groups in total. The van der Waals surface area contributed by atoms with Gasteiger partial charge < -0.3 is 10.6 Å². The zero-order valence-electron chi connectivity index (χ0n) is 13.5. The van der Waals surface area contributed by atoms with E-state index in [0.717, 1.165) is 25.8 Å². The molecule has 2 aliphatic carbocycles. The normalized spacial score (nSPS) is 30.2. The SMILES string of the molecule is O=C(CC1CCCCC1)NC1CCNC2(CCCCC2)C1. The predicted molar refractivity (Wildman–Crippen MR) is 86.2 cm³/mol. The summed E-state index contributed by atoms with van der Waals surface area (Å²) in [5, 5.41) is 7.13. The van der Waals surface area contributed by atoms with Crippen LogP contribution in [0.3, 0.4) is 0 Å². The summed E-state index contributed by atoms with van der Waals surface area (Å²) in [4.78, 5) is 12.3. The molecule has 2 saturated carbocycles. The molecule has 3 nitrogen and oxygen atoms in total. The molecule has 0 bridgehead atoms. The van der Waals surface area contributed by atoms with Crippen LogP contribution in [-0.4, -0.2) is 24.0 Å². The van der Waals surface area contributed by atoms with E-state index in [0.29, 0.717) is 23.4 Å². The Morgan fingerprint density at radius 3 is 2.48 bits per heavy atom. The Morgan fingerprint density at radius 1 is 1.00 bits per heavy atom. The number of carbonyl (C=O) groups excluding carboxylic acids is 1. The van der Waals surface area contributed by atoms with Gasteiger partial charge in [-0.1, -0.05) is 38.5 Å². The quantitative estimate of drug-likeness (QED) is 0.835. The number of piperidine rings is 1. The van der Waals surface area contributed by atoms with Crippen molar-refractivity contribution in [1.82, 2.24) is 10.6 Å². The van der Waals surface area contributed by atoms with Gasteiger partial charge in [-0.05, 0) is 51.0 Å². The average Bonchev–Trinajstić information content (AvgIpc) is 2.49. The molecule has 120 valence electrons. The maximum Gasteiger partial charge on any atom is 0.220 e. The van der Waals surface area contributed by atoms with Crippen LogP contribution < -0.4 is 10.6 Å². The molecule has 1 unspecified atom stereocenters. The summed E-state index contributed by atoms with van der Waals surface area (Å²) in [5.41, 5.74) is 0.347. The van der Waals surface area contributed by atoms with Crippen LogP contribution in [0.25, 0.3) is 0 Å². The van der Waals surface area contributed by atoms with Crippen molar-refractivity contribution < 1.29 is 4.79 Å². The number of hydrogen-bond donors (Lipinski definition) is 2. The molecule has 3 fully saturated rings. The van der Waals surface area contributed by atoms with E-state index in [1.165, 1.54) is 64.2 Å². The second-order valence-electron chi connectivity index (χ2n) is 7.73. The van der Waals surface area contributed by atoms with Crippen LogP contribution in [0.15, 0.2) is 0 Å². The molecule has 3 aliphatic rings. The molecule has 0 radical (unpaired) electrons. The monoisotopic (exact) mass is 292 g/mol. The number of carbonyl (C=O) groups is 1. The zero-order valence-corrected chi connectivity index (χ0v) is 13.5. The smallest absolute Gasteiger partial charge is 0.220 e. The fourth-order valence-electron chi connectivity index (χ4n) is 4.83. The number of rotatable bonds is 3. The minimum absolute atomic E-state index is 0.319. The van der Waals surface area contributed by atoms with Crippen molar-refractivity contribution in [1.29, 1.82) is 0 Å². The third kappa shape index (κ3) is 4.21. The van der Waals surface area contributed by atoms with Gasteiger partial charge in [0.1, 0.15) is 0 Å². The summed E-state index contributed by atoms with van der Waals surface area (Å²) in [6.07, 6.45) is 16.3. The molecular formula is C18H32N2O. The first-order valence-corrected chi connectivity index (χ1v) is 9.30. The summed E-state index contributed by atoms with van der Waals surface area (Å²) in [6, 6.07) is 0.417. The van der Waals surface area contributed by atoms with Crippen LogP contribution in [0, 0.1) is 5.92 Å². The summed E-state index contributed by atoms with van der Waals surface area (Å²) >= 11 is 0. The molecule has 21 heavy (non-hydrogen) atoms. The Morgan fingerprint density at radius 2 is 1.71 bits per heavy atom. The maximum absolute atomic E-state index is 12.3. The van der Waals surface area contributed by atoms with Crippen molar-refractivity contribution >= 4 is 5.91 Å². The van der Waals surface area contributed by atoms with Gasteiger partial charge in [0.25, 0.3) is 0 Å². The van der Waals surface area contributed by atoms with Gasteiger partial charge in [0.05, 0.1) is 0 Å². The van der Waals surface area contributed by atoms with Crippen LogP contribution >= 0.6 is 0 Å². The fourth-order valence-corrected chi connectivity index (χ4v) is 4.83. The van der Waals surface area contributed by atoms with Crippen molar-refractivity contribution in [2.45, 2.75) is 95.1 Å². The molecule has 1 amide bonds. The standard InChI is InChI=1S/C18H32N2O/c21-17(13-15-7-3-1-4-8-15)20-16-9-12-19-18(14-16)10-5-2-6-11-18/h15-16,19H,1-14H2,(H,20,21). The molecule has 1 aliphatic heterocycles.